The quantitative estimate of drug-likeness (QED) is 0.650. The molecule has 0 aromatic heterocycles. The molecule has 0 bridgehead atoms. The van der Waals surface area contributed by atoms with Gasteiger partial charge in [-0.15, -0.1) is 0 Å². The first-order valence-electron chi connectivity index (χ1n) is 4.39. The van der Waals surface area contributed by atoms with E-state index in [0.29, 0.717) is 24.0 Å². The lowest BCUT2D eigenvalue weighted by Gasteiger charge is -2.17. The predicted octanol–water partition coefficient (Wildman–Crippen LogP) is 0.466. The molecule has 0 aromatic rings. The van der Waals surface area contributed by atoms with Crippen molar-refractivity contribution in [3.63, 3.8) is 0 Å². The van der Waals surface area contributed by atoms with Crippen molar-refractivity contribution in [3.05, 3.63) is 0 Å². The average Bonchev–Trinajstić information content (AvgIpc) is 2.83. The maximum atomic E-state index is 11.3. The molecular formula is C8H15N3OS. The Labute approximate surface area is 83.5 Å². The fourth-order valence-electron chi connectivity index (χ4n) is 0.892. The Morgan fingerprint density at radius 1 is 1.69 bits per heavy atom. The maximum Gasteiger partial charge on any atom is 0.317 e. The minimum atomic E-state index is -0.0289. The zero-order valence-electron chi connectivity index (χ0n) is 7.75. The summed E-state index contributed by atoms with van der Waals surface area (Å²) >= 11 is 4.72. The minimum Gasteiger partial charge on any atom is -0.393 e. The van der Waals surface area contributed by atoms with Crippen LogP contribution in [0.1, 0.15) is 19.3 Å². The molecule has 1 fully saturated rings. The number of rotatable bonds is 4. The van der Waals surface area contributed by atoms with Gasteiger partial charge in [-0.2, -0.15) is 0 Å². The molecule has 0 unspecified atom stereocenters. The number of hydrogen-bond donors (Lipinski definition) is 2. The second kappa shape index (κ2) is 4.41. The van der Waals surface area contributed by atoms with E-state index in [2.05, 4.69) is 5.32 Å². The van der Waals surface area contributed by atoms with Gasteiger partial charge in [0.05, 0.1) is 4.99 Å². The highest BCUT2D eigenvalue weighted by Gasteiger charge is 2.24. The molecule has 2 amide bonds. The van der Waals surface area contributed by atoms with Gasteiger partial charge in [-0.1, -0.05) is 12.2 Å². The third-order valence-electron chi connectivity index (χ3n) is 1.95. The van der Waals surface area contributed by atoms with Crippen LogP contribution in [0.4, 0.5) is 4.79 Å². The number of urea groups is 1. The Hall–Kier alpha value is -0.840. The minimum absolute atomic E-state index is 0.0289. The lowest BCUT2D eigenvalue weighted by Crippen LogP contribution is -2.39. The van der Waals surface area contributed by atoms with Gasteiger partial charge < -0.3 is 16.0 Å². The van der Waals surface area contributed by atoms with Gasteiger partial charge >= 0.3 is 6.03 Å². The van der Waals surface area contributed by atoms with E-state index in [0.717, 1.165) is 12.8 Å². The molecule has 5 heteroatoms. The van der Waals surface area contributed by atoms with Gasteiger partial charge in [0.25, 0.3) is 0 Å². The smallest absolute Gasteiger partial charge is 0.317 e. The first kappa shape index (κ1) is 10.2. The standard InChI is InChI=1S/C8H15N3OS/c1-11(5-4-7(9)13)8(12)10-6-2-3-6/h6H,2-5H2,1H3,(H2,9,13)(H,10,12). The third-order valence-corrected chi connectivity index (χ3v) is 2.15. The number of nitrogens with two attached hydrogens (primary N) is 1. The van der Waals surface area contributed by atoms with Crippen molar-refractivity contribution in [1.29, 1.82) is 0 Å². The van der Waals surface area contributed by atoms with Crippen LogP contribution in [0.5, 0.6) is 0 Å². The Kier molecular flexibility index (Phi) is 3.48. The summed E-state index contributed by atoms with van der Waals surface area (Å²) in [6.07, 6.45) is 2.80. The van der Waals surface area contributed by atoms with Gasteiger partial charge in [0.15, 0.2) is 0 Å². The van der Waals surface area contributed by atoms with Crippen LogP contribution in [0, 0.1) is 0 Å². The molecule has 0 aliphatic heterocycles. The fraction of sp³-hybridized carbons (Fsp3) is 0.750. The van der Waals surface area contributed by atoms with Crippen molar-refractivity contribution in [2.75, 3.05) is 13.6 Å². The van der Waals surface area contributed by atoms with E-state index in [9.17, 15) is 4.79 Å². The Balaban J connectivity index is 2.16. The predicted molar refractivity (Wildman–Crippen MR) is 55.6 cm³/mol. The molecule has 74 valence electrons. The average molecular weight is 201 g/mol. The summed E-state index contributed by atoms with van der Waals surface area (Å²) in [7, 11) is 1.75. The van der Waals surface area contributed by atoms with Crippen LogP contribution in [-0.2, 0) is 0 Å². The summed E-state index contributed by atoms with van der Waals surface area (Å²) in [5.74, 6) is 0. The van der Waals surface area contributed by atoms with Crippen LogP contribution in [0.15, 0.2) is 0 Å². The molecular weight excluding hydrogens is 186 g/mol. The number of carbonyl (C=O) groups is 1. The number of thiocarbonyl (C=S) groups is 1. The first-order chi connectivity index (χ1) is 6.09. The van der Waals surface area contributed by atoms with E-state index in [-0.39, 0.29) is 6.03 Å². The highest BCUT2D eigenvalue weighted by atomic mass is 32.1. The Morgan fingerprint density at radius 2 is 2.31 bits per heavy atom. The summed E-state index contributed by atoms with van der Waals surface area (Å²) in [5.41, 5.74) is 5.33. The molecule has 0 radical (unpaired) electrons. The topological polar surface area (TPSA) is 58.4 Å². The van der Waals surface area contributed by atoms with Crippen LogP contribution in [-0.4, -0.2) is 35.6 Å². The highest BCUT2D eigenvalue weighted by Crippen LogP contribution is 2.18. The van der Waals surface area contributed by atoms with Crippen LogP contribution < -0.4 is 11.1 Å². The molecule has 13 heavy (non-hydrogen) atoms. The van der Waals surface area contributed by atoms with E-state index in [4.69, 9.17) is 18.0 Å². The summed E-state index contributed by atoms with van der Waals surface area (Å²) in [6, 6.07) is 0.374. The van der Waals surface area contributed by atoms with Gasteiger partial charge in [0.1, 0.15) is 0 Å². The molecule has 0 heterocycles. The summed E-state index contributed by atoms with van der Waals surface area (Å²) in [5, 5.41) is 2.88. The van der Waals surface area contributed by atoms with Gasteiger partial charge in [0.2, 0.25) is 0 Å². The van der Waals surface area contributed by atoms with Crippen LogP contribution in [0.3, 0.4) is 0 Å². The highest BCUT2D eigenvalue weighted by molar-refractivity contribution is 7.80. The monoisotopic (exact) mass is 201 g/mol. The lowest BCUT2D eigenvalue weighted by molar-refractivity contribution is 0.209. The summed E-state index contributed by atoms with van der Waals surface area (Å²) < 4.78 is 0. The molecule has 4 nitrogen and oxygen atoms in total. The molecule has 1 aliphatic rings. The molecule has 0 spiro atoms. The van der Waals surface area contributed by atoms with Crippen LogP contribution >= 0.6 is 12.2 Å². The Bertz CT molecular complexity index is 215. The van der Waals surface area contributed by atoms with E-state index in [1.165, 1.54) is 0 Å². The van der Waals surface area contributed by atoms with Gasteiger partial charge in [-0.05, 0) is 12.8 Å². The van der Waals surface area contributed by atoms with Crippen molar-refractivity contribution in [3.8, 4) is 0 Å². The van der Waals surface area contributed by atoms with Crippen molar-refractivity contribution < 1.29 is 4.79 Å². The van der Waals surface area contributed by atoms with Crippen molar-refractivity contribution >= 4 is 23.2 Å². The summed E-state index contributed by atoms with van der Waals surface area (Å²) in [4.78, 5) is 13.4. The number of hydrogen-bond acceptors (Lipinski definition) is 2. The Morgan fingerprint density at radius 3 is 2.77 bits per heavy atom. The molecule has 1 aliphatic carbocycles. The molecule has 0 atom stereocenters. The zero-order chi connectivity index (χ0) is 9.84. The van der Waals surface area contributed by atoms with Crippen LogP contribution in [0.25, 0.3) is 0 Å². The SMILES string of the molecule is CN(CCC(N)=S)C(=O)NC1CC1. The van der Waals surface area contributed by atoms with Crippen LogP contribution in [0.2, 0.25) is 0 Å². The summed E-state index contributed by atoms with van der Waals surface area (Å²) in [6.45, 7) is 0.591. The van der Waals surface area contributed by atoms with Gasteiger partial charge in [-0.25, -0.2) is 4.79 Å². The molecule has 0 saturated heterocycles. The van der Waals surface area contributed by atoms with Crippen molar-refractivity contribution in [2.24, 2.45) is 5.73 Å². The van der Waals surface area contributed by atoms with E-state index >= 15 is 0 Å². The normalized spacial score (nSPS) is 15.2. The van der Waals surface area contributed by atoms with Gasteiger partial charge in [0, 0.05) is 26.1 Å². The molecule has 1 saturated carbocycles. The second-order valence-electron chi connectivity index (χ2n) is 3.36. The van der Waals surface area contributed by atoms with Crippen molar-refractivity contribution in [1.82, 2.24) is 10.2 Å². The molecule has 0 aromatic carbocycles. The number of nitrogens with one attached hydrogen (secondary N) is 1. The van der Waals surface area contributed by atoms with Crippen molar-refractivity contribution in [2.45, 2.75) is 25.3 Å². The molecule has 1 rings (SSSR count). The largest absolute Gasteiger partial charge is 0.393 e. The third kappa shape index (κ3) is 4.07. The number of amides is 2. The first-order valence-corrected chi connectivity index (χ1v) is 4.80. The van der Waals surface area contributed by atoms with E-state index in [1.54, 1.807) is 11.9 Å². The fourth-order valence-corrected chi connectivity index (χ4v) is 0.983. The van der Waals surface area contributed by atoms with E-state index < -0.39 is 0 Å². The zero-order valence-corrected chi connectivity index (χ0v) is 8.56. The molecule has 3 N–H and O–H groups in total. The van der Waals surface area contributed by atoms with Gasteiger partial charge in [-0.3, -0.25) is 0 Å². The van der Waals surface area contributed by atoms with E-state index in [1.807, 2.05) is 0 Å². The lowest BCUT2D eigenvalue weighted by atomic mass is 10.4. The second-order valence-corrected chi connectivity index (χ2v) is 3.89. The number of carbonyl (C=O) groups excluding carboxylic acids is 1. The maximum absolute atomic E-state index is 11.3. The number of nitrogens with zero attached hydrogens (tertiary/aromatic N) is 1.